The quantitative estimate of drug-likeness (QED) is 0.474. The molecule has 0 aliphatic heterocycles. The Bertz CT molecular complexity index is 1070. The molecule has 0 fully saturated rings. The molecular formula is C20H16ClN3S. The molecule has 0 aliphatic carbocycles. The van der Waals surface area contributed by atoms with Crippen molar-refractivity contribution in [2.24, 2.45) is 7.05 Å². The third-order valence-corrected chi connectivity index (χ3v) is 5.30. The molecule has 2 aromatic carbocycles. The molecule has 0 bridgehead atoms. The Labute approximate surface area is 155 Å². The minimum Gasteiger partial charge on any atom is -0.327 e. The fraction of sp³-hybridized carbons (Fsp3) is 0.100. The van der Waals surface area contributed by atoms with Crippen LogP contribution in [0.3, 0.4) is 0 Å². The van der Waals surface area contributed by atoms with Gasteiger partial charge in [-0.25, -0.2) is 9.97 Å². The number of aromatic nitrogens is 3. The predicted octanol–water partition coefficient (Wildman–Crippen LogP) is 5.58. The lowest BCUT2D eigenvalue weighted by molar-refractivity contribution is 0.922. The van der Waals surface area contributed by atoms with Gasteiger partial charge < -0.3 is 4.57 Å². The first-order valence-corrected chi connectivity index (χ1v) is 9.19. The number of hydrogen-bond acceptors (Lipinski definition) is 3. The lowest BCUT2D eigenvalue weighted by atomic mass is 10.1. The molecule has 0 aliphatic rings. The second kappa shape index (κ2) is 6.47. The van der Waals surface area contributed by atoms with Crippen molar-refractivity contribution in [3.8, 4) is 0 Å². The van der Waals surface area contributed by atoms with Crippen LogP contribution in [0.1, 0.15) is 22.1 Å². The van der Waals surface area contributed by atoms with Crippen molar-refractivity contribution in [3.05, 3.63) is 81.0 Å². The maximum absolute atomic E-state index is 6.02. The van der Waals surface area contributed by atoms with Crippen molar-refractivity contribution in [2.75, 3.05) is 0 Å². The van der Waals surface area contributed by atoms with E-state index in [1.807, 2.05) is 56.4 Å². The van der Waals surface area contributed by atoms with Gasteiger partial charge in [0.15, 0.2) is 0 Å². The van der Waals surface area contributed by atoms with Crippen LogP contribution in [0.4, 0.5) is 0 Å². The Morgan fingerprint density at radius 3 is 2.52 bits per heavy atom. The molecule has 3 nitrogen and oxygen atoms in total. The fourth-order valence-corrected chi connectivity index (χ4v) is 3.75. The molecule has 0 spiro atoms. The van der Waals surface area contributed by atoms with E-state index in [0.29, 0.717) is 0 Å². The lowest BCUT2D eigenvalue weighted by Crippen LogP contribution is -1.99. The van der Waals surface area contributed by atoms with E-state index in [0.717, 1.165) is 43.7 Å². The summed E-state index contributed by atoms with van der Waals surface area (Å²) in [6.07, 6.45) is 2.12. The van der Waals surface area contributed by atoms with Crippen molar-refractivity contribution in [1.82, 2.24) is 14.5 Å². The number of halogens is 1. The molecule has 0 N–H and O–H groups in total. The minimum atomic E-state index is 0.728. The molecule has 4 rings (SSSR count). The van der Waals surface area contributed by atoms with Crippen LogP contribution in [-0.2, 0) is 7.05 Å². The number of nitrogens with zero attached hydrogens (tertiary/aromatic N) is 3. The highest BCUT2D eigenvalue weighted by Gasteiger charge is 2.16. The molecule has 5 heteroatoms. The Kier molecular flexibility index (Phi) is 4.15. The first-order valence-electron chi connectivity index (χ1n) is 7.93. The molecule has 25 heavy (non-hydrogen) atoms. The smallest absolute Gasteiger partial charge is 0.143 e. The average Bonchev–Trinajstić information content (AvgIpc) is 3.19. The SMILES string of the molecule is Cc1csc(C(=Cc2ccc(Cl)cc2)c2nc3ccccc3n2C)n1. The predicted molar refractivity (Wildman–Crippen MR) is 106 cm³/mol. The van der Waals surface area contributed by atoms with Gasteiger partial charge in [0.05, 0.1) is 16.6 Å². The summed E-state index contributed by atoms with van der Waals surface area (Å²) in [7, 11) is 2.04. The summed E-state index contributed by atoms with van der Waals surface area (Å²) < 4.78 is 2.12. The van der Waals surface area contributed by atoms with E-state index in [-0.39, 0.29) is 0 Å². The van der Waals surface area contributed by atoms with Crippen LogP contribution in [-0.4, -0.2) is 14.5 Å². The topological polar surface area (TPSA) is 30.7 Å². The van der Waals surface area contributed by atoms with Gasteiger partial charge in [0, 0.05) is 23.1 Å². The van der Waals surface area contributed by atoms with E-state index in [2.05, 4.69) is 27.1 Å². The number of hydrogen-bond donors (Lipinski definition) is 0. The summed E-state index contributed by atoms with van der Waals surface area (Å²) in [4.78, 5) is 9.53. The Hall–Kier alpha value is -2.43. The van der Waals surface area contributed by atoms with E-state index in [1.165, 1.54) is 0 Å². The highest BCUT2D eigenvalue weighted by Crippen LogP contribution is 2.30. The second-order valence-electron chi connectivity index (χ2n) is 5.89. The number of imidazole rings is 1. The number of rotatable bonds is 3. The molecule has 124 valence electrons. The standard InChI is InChI=1S/C20H16ClN3S/c1-13-12-25-20(22-13)16(11-14-7-9-15(21)10-8-14)19-23-17-5-3-4-6-18(17)24(19)2/h3-12H,1-2H3. The Balaban J connectivity index is 1.93. The van der Waals surface area contributed by atoms with E-state index < -0.39 is 0 Å². The molecule has 0 atom stereocenters. The summed E-state index contributed by atoms with van der Waals surface area (Å²) in [5.74, 6) is 0.908. The average molecular weight is 366 g/mol. The van der Waals surface area contributed by atoms with Crippen LogP contribution in [0.25, 0.3) is 22.7 Å². The van der Waals surface area contributed by atoms with E-state index >= 15 is 0 Å². The molecular weight excluding hydrogens is 350 g/mol. The minimum absolute atomic E-state index is 0.728. The summed E-state index contributed by atoms with van der Waals surface area (Å²) in [6, 6.07) is 16.0. The summed E-state index contributed by atoms with van der Waals surface area (Å²) in [6.45, 7) is 2.01. The van der Waals surface area contributed by atoms with Crippen molar-refractivity contribution in [2.45, 2.75) is 6.92 Å². The van der Waals surface area contributed by atoms with Crippen molar-refractivity contribution >= 4 is 45.6 Å². The molecule has 2 aromatic heterocycles. The normalized spacial score (nSPS) is 12.0. The van der Waals surface area contributed by atoms with Gasteiger partial charge in [-0.2, -0.15) is 0 Å². The van der Waals surface area contributed by atoms with Gasteiger partial charge in [-0.1, -0.05) is 35.9 Å². The van der Waals surface area contributed by atoms with Gasteiger partial charge in [0.1, 0.15) is 10.8 Å². The van der Waals surface area contributed by atoms with Crippen LogP contribution >= 0.6 is 22.9 Å². The van der Waals surface area contributed by atoms with Crippen molar-refractivity contribution < 1.29 is 0 Å². The second-order valence-corrected chi connectivity index (χ2v) is 7.18. The summed E-state index contributed by atoms with van der Waals surface area (Å²) in [5.41, 5.74) is 5.18. The first-order chi connectivity index (χ1) is 12.1. The summed E-state index contributed by atoms with van der Waals surface area (Å²) >= 11 is 7.65. The number of para-hydroxylation sites is 2. The Morgan fingerprint density at radius 1 is 1.08 bits per heavy atom. The van der Waals surface area contributed by atoms with Gasteiger partial charge in [-0.15, -0.1) is 11.3 Å². The van der Waals surface area contributed by atoms with Crippen molar-refractivity contribution in [3.63, 3.8) is 0 Å². The third kappa shape index (κ3) is 3.11. The largest absolute Gasteiger partial charge is 0.327 e. The van der Waals surface area contributed by atoms with Crippen LogP contribution in [0.5, 0.6) is 0 Å². The van der Waals surface area contributed by atoms with Gasteiger partial charge in [-0.05, 0) is 42.8 Å². The zero-order valence-corrected chi connectivity index (χ0v) is 15.5. The lowest BCUT2D eigenvalue weighted by Gasteiger charge is -2.06. The highest BCUT2D eigenvalue weighted by molar-refractivity contribution is 7.11. The molecule has 0 amide bonds. The fourth-order valence-electron chi connectivity index (χ4n) is 2.81. The van der Waals surface area contributed by atoms with Gasteiger partial charge in [0.2, 0.25) is 0 Å². The molecule has 4 aromatic rings. The Morgan fingerprint density at radius 2 is 1.84 bits per heavy atom. The van der Waals surface area contributed by atoms with E-state index in [4.69, 9.17) is 16.6 Å². The summed E-state index contributed by atoms with van der Waals surface area (Å²) in [5, 5.41) is 3.76. The van der Waals surface area contributed by atoms with Gasteiger partial charge >= 0.3 is 0 Å². The number of benzene rings is 2. The number of thiazole rings is 1. The van der Waals surface area contributed by atoms with Crippen LogP contribution in [0, 0.1) is 6.92 Å². The van der Waals surface area contributed by atoms with Crippen LogP contribution < -0.4 is 0 Å². The zero-order chi connectivity index (χ0) is 17.4. The number of fused-ring (bicyclic) bond motifs is 1. The first kappa shape index (κ1) is 16.1. The molecule has 2 heterocycles. The molecule has 0 unspecified atom stereocenters. The highest BCUT2D eigenvalue weighted by atomic mass is 35.5. The molecule has 0 saturated heterocycles. The molecule has 0 radical (unpaired) electrons. The van der Waals surface area contributed by atoms with E-state index in [9.17, 15) is 0 Å². The van der Waals surface area contributed by atoms with Crippen LogP contribution in [0.15, 0.2) is 53.9 Å². The van der Waals surface area contributed by atoms with Crippen LogP contribution in [0.2, 0.25) is 5.02 Å². The maximum Gasteiger partial charge on any atom is 0.143 e. The van der Waals surface area contributed by atoms with Gasteiger partial charge in [0.25, 0.3) is 0 Å². The molecule has 0 saturated carbocycles. The third-order valence-electron chi connectivity index (χ3n) is 4.06. The zero-order valence-electron chi connectivity index (χ0n) is 13.9. The van der Waals surface area contributed by atoms with E-state index in [1.54, 1.807) is 11.3 Å². The monoisotopic (exact) mass is 365 g/mol. The number of aryl methyl sites for hydroxylation is 2. The maximum atomic E-state index is 6.02. The van der Waals surface area contributed by atoms with Crippen molar-refractivity contribution in [1.29, 1.82) is 0 Å². The van der Waals surface area contributed by atoms with Gasteiger partial charge in [-0.3, -0.25) is 0 Å².